The molecule has 3 amide bonds. The van der Waals surface area contributed by atoms with Crippen molar-refractivity contribution in [1.29, 1.82) is 0 Å². The summed E-state index contributed by atoms with van der Waals surface area (Å²) in [5, 5.41) is 6.72. The van der Waals surface area contributed by atoms with Gasteiger partial charge in [-0.15, -0.1) is 0 Å². The highest BCUT2D eigenvalue weighted by Gasteiger charge is 2.28. The van der Waals surface area contributed by atoms with Crippen LogP contribution < -0.4 is 20.7 Å². The van der Waals surface area contributed by atoms with Crippen molar-refractivity contribution < 1.29 is 27.5 Å². The number of urea groups is 1. The molecular formula is C13H14F3N3O3. The maximum absolute atomic E-state index is 12.0. The molecule has 0 fully saturated rings. The van der Waals surface area contributed by atoms with Crippen molar-refractivity contribution in [2.75, 3.05) is 18.5 Å². The molecule has 1 atom stereocenters. The van der Waals surface area contributed by atoms with Crippen molar-refractivity contribution in [2.45, 2.75) is 19.1 Å². The molecule has 0 aliphatic carbocycles. The van der Waals surface area contributed by atoms with Crippen LogP contribution in [0.2, 0.25) is 0 Å². The average Bonchev–Trinajstić information content (AvgIpc) is 2.43. The third-order valence-corrected chi connectivity index (χ3v) is 2.93. The highest BCUT2D eigenvalue weighted by molar-refractivity contribution is 5.95. The number of carbonyl (C=O) groups excluding carboxylic acids is 2. The van der Waals surface area contributed by atoms with Crippen LogP contribution in [0, 0.1) is 0 Å². The molecule has 0 saturated carbocycles. The number of hydrogen-bond donors (Lipinski definition) is 3. The molecule has 3 N–H and O–H groups in total. The minimum absolute atomic E-state index is 0.0694. The average molecular weight is 317 g/mol. The Hall–Kier alpha value is -2.45. The van der Waals surface area contributed by atoms with Gasteiger partial charge in [-0.3, -0.25) is 4.79 Å². The van der Waals surface area contributed by atoms with Gasteiger partial charge in [-0.25, -0.2) is 4.79 Å². The zero-order valence-electron chi connectivity index (χ0n) is 11.6. The molecule has 120 valence electrons. The summed E-state index contributed by atoms with van der Waals surface area (Å²) >= 11 is 0. The van der Waals surface area contributed by atoms with Gasteiger partial charge in [0.05, 0.1) is 11.7 Å². The second-order valence-electron chi connectivity index (χ2n) is 4.76. The number of rotatable bonds is 3. The van der Waals surface area contributed by atoms with Gasteiger partial charge in [0.1, 0.15) is 12.3 Å². The first-order valence-corrected chi connectivity index (χ1v) is 6.42. The molecule has 6 nitrogen and oxygen atoms in total. The van der Waals surface area contributed by atoms with Gasteiger partial charge in [0, 0.05) is 0 Å². The predicted octanol–water partition coefficient (Wildman–Crippen LogP) is 1.94. The normalized spacial score (nSPS) is 15.2. The summed E-state index contributed by atoms with van der Waals surface area (Å²) in [6.45, 7) is 0.139. The zero-order valence-corrected chi connectivity index (χ0v) is 11.6. The van der Waals surface area contributed by atoms with Crippen molar-refractivity contribution in [3.05, 3.63) is 23.8 Å². The SMILES string of the molecule is C[C@H](NC(=O)NCC(F)(F)F)c1ccc2c(c1)NC(=O)CO2. The minimum atomic E-state index is -4.46. The van der Waals surface area contributed by atoms with E-state index in [1.54, 1.807) is 30.4 Å². The summed E-state index contributed by atoms with van der Waals surface area (Å²) in [6, 6.07) is 3.40. The number of anilines is 1. The van der Waals surface area contributed by atoms with Crippen LogP contribution in [0.4, 0.5) is 23.7 Å². The van der Waals surface area contributed by atoms with Crippen LogP contribution in [0.5, 0.6) is 5.75 Å². The van der Waals surface area contributed by atoms with Crippen LogP contribution in [0.15, 0.2) is 18.2 Å². The maximum Gasteiger partial charge on any atom is 0.405 e. The summed E-state index contributed by atoms with van der Waals surface area (Å²) in [4.78, 5) is 22.6. The van der Waals surface area contributed by atoms with Gasteiger partial charge in [-0.1, -0.05) is 6.07 Å². The molecule has 1 aromatic rings. The number of alkyl halides is 3. The summed E-state index contributed by atoms with van der Waals surface area (Å²) < 4.78 is 41.2. The second kappa shape index (κ2) is 6.12. The number of fused-ring (bicyclic) bond motifs is 1. The molecule has 0 radical (unpaired) electrons. The Morgan fingerprint density at radius 1 is 1.45 bits per heavy atom. The molecule has 0 aromatic heterocycles. The van der Waals surface area contributed by atoms with Gasteiger partial charge >= 0.3 is 12.2 Å². The van der Waals surface area contributed by atoms with Gasteiger partial charge < -0.3 is 20.7 Å². The first-order chi connectivity index (χ1) is 10.2. The van der Waals surface area contributed by atoms with E-state index >= 15 is 0 Å². The van der Waals surface area contributed by atoms with Gasteiger partial charge in [-0.05, 0) is 24.6 Å². The lowest BCUT2D eigenvalue weighted by Gasteiger charge is -2.21. The lowest BCUT2D eigenvalue weighted by Crippen LogP contribution is -2.41. The molecule has 2 rings (SSSR count). The predicted molar refractivity (Wildman–Crippen MR) is 71.6 cm³/mol. The number of carbonyl (C=O) groups is 2. The van der Waals surface area contributed by atoms with E-state index < -0.39 is 24.8 Å². The smallest absolute Gasteiger partial charge is 0.405 e. The number of halogens is 3. The van der Waals surface area contributed by atoms with Crippen LogP contribution >= 0.6 is 0 Å². The fraction of sp³-hybridized carbons (Fsp3) is 0.385. The molecule has 1 aliphatic heterocycles. The van der Waals surface area contributed by atoms with Crippen LogP contribution in [-0.4, -0.2) is 31.3 Å². The number of ether oxygens (including phenoxy) is 1. The highest BCUT2D eigenvalue weighted by atomic mass is 19.4. The Morgan fingerprint density at radius 2 is 2.18 bits per heavy atom. The summed E-state index contributed by atoms with van der Waals surface area (Å²) in [5.41, 5.74) is 1.07. The third-order valence-electron chi connectivity index (χ3n) is 2.93. The van der Waals surface area contributed by atoms with Gasteiger partial charge in [0.15, 0.2) is 6.61 Å². The Bertz CT molecular complexity index is 590. The van der Waals surface area contributed by atoms with Crippen LogP contribution in [0.1, 0.15) is 18.5 Å². The van der Waals surface area contributed by atoms with Crippen molar-refractivity contribution in [3.8, 4) is 5.75 Å². The van der Waals surface area contributed by atoms with E-state index in [-0.39, 0.29) is 12.5 Å². The monoisotopic (exact) mass is 317 g/mol. The van der Waals surface area contributed by atoms with Gasteiger partial charge in [-0.2, -0.15) is 13.2 Å². The van der Waals surface area contributed by atoms with E-state index in [4.69, 9.17) is 4.74 Å². The van der Waals surface area contributed by atoms with E-state index in [9.17, 15) is 22.8 Å². The molecule has 0 bridgehead atoms. The van der Waals surface area contributed by atoms with E-state index in [1.165, 1.54) is 0 Å². The Kier molecular flexibility index (Phi) is 4.43. The molecule has 9 heteroatoms. The number of hydrogen-bond acceptors (Lipinski definition) is 3. The zero-order chi connectivity index (χ0) is 16.3. The molecule has 0 spiro atoms. The quantitative estimate of drug-likeness (QED) is 0.797. The fourth-order valence-corrected chi connectivity index (χ4v) is 1.88. The van der Waals surface area contributed by atoms with E-state index in [0.29, 0.717) is 17.0 Å². The Morgan fingerprint density at radius 3 is 2.86 bits per heavy atom. The Balaban J connectivity index is 1.98. The van der Waals surface area contributed by atoms with Crippen molar-refractivity contribution in [3.63, 3.8) is 0 Å². The summed E-state index contributed by atoms with van der Waals surface area (Å²) in [5.74, 6) is 0.199. The lowest BCUT2D eigenvalue weighted by atomic mass is 10.1. The largest absolute Gasteiger partial charge is 0.482 e. The third kappa shape index (κ3) is 4.27. The topological polar surface area (TPSA) is 79.5 Å². The Labute approximate surface area is 124 Å². The number of nitrogens with one attached hydrogen (secondary N) is 3. The van der Waals surface area contributed by atoms with Gasteiger partial charge in [0.2, 0.25) is 0 Å². The molecule has 1 aromatic carbocycles. The molecule has 0 saturated heterocycles. The molecule has 1 aliphatic rings. The number of amides is 3. The second-order valence-corrected chi connectivity index (χ2v) is 4.76. The van der Waals surface area contributed by atoms with Crippen LogP contribution in [0.25, 0.3) is 0 Å². The first-order valence-electron chi connectivity index (χ1n) is 6.42. The van der Waals surface area contributed by atoms with Crippen LogP contribution in [-0.2, 0) is 4.79 Å². The molecule has 1 heterocycles. The van der Waals surface area contributed by atoms with Gasteiger partial charge in [0.25, 0.3) is 5.91 Å². The van der Waals surface area contributed by atoms with E-state index in [0.717, 1.165) is 0 Å². The van der Waals surface area contributed by atoms with Crippen molar-refractivity contribution in [2.24, 2.45) is 0 Å². The fourth-order valence-electron chi connectivity index (χ4n) is 1.88. The summed E-state index contributed by atoms with van der Waals surface area (Å²) in [6.07, 6.45) is -4.46. The first kappa shape index (κ1) is 15.9. The summed E-state index contributed by atoms with van der Waals surface area (Å²) in [7, 11) is 0. The molecule has 0 unspecified atom stereocenters. The highest BCUT2D eigenvalue weighted by Crippen LogP contribution is 2.30. The molecular weight excluding hydrogens is 303 g/mol. The molecule has 22 heavy (non-hydrogen) atoms. The van der Waals surface area contributed by atoms with Crippen molar-refractivity contribution >= 4 is 17.6 Å². The van der Waals surface area contributed by atoms with E-state index in [2.05, 4.69) is 10.6 Å². The maximum atomic E-state index is 12.0. The van der Waals surface area contributed by atoms with E-state index in [1.807, 2.05) is 0 Å². The van der Waals surface area contributed by atoms with Crippen molar-refractivity contribution in [1.82, 2.24) is 10.6 Å². The minimum Gasteiger partial charge on any atom is -0.482 e. The lowest BCUT2D eigenvalue weighted by molar-refractivity contribution is -0.122. The standard InChI is InChI=1S/C13H14F3N3O3/c1-7(18-12(21)17-6-13(14,15)16)8-2-3-10-9(4-8)19-11(20)5-22-10/h2-4,7H,5-6H2,1H3,(H,19,20)(H2,17,18,21)/t7-/m0/s1. The van der Waals surface area contributed by atoms with Crippen LogP contribution in [0.3, 0.4) is 0 Å². The number of benzene rings is 1.